The summed E-state index contributed by atoms with van der Waals surface area (Å²) in [6.45, 7) is 1.16. The number of rotatable bonds is 9. The zero-order valence-corrected chi connectivity index (χ0v) is 18.3. The van der Waals surface area contributed by atoms with Gasteiger partial charge in [0.25, 0.3) is 0 Å². The quantitative estimate of drug-likeness (QED) is 0.155. The van der Waals surface area contributed by atoms with Gasteiger partial charge in [0.15, 0.2) is 23.8 Å². The first-order chi connectivity index (χ1) is 15.9. The van der Waals surface area contributed by atoms with Gasteiger partial charge in [-0.25, -0.2) is 19.9 Å². The Bertz CT molecular complexity index is 1080. The van der Waals surface area contributed by atoms with Crippen LogP contribution in [-0.4, -0.2) is 53.0 Å². The fourth-order valence-corrected chi connectivity index (χ4v) is 3.47. The Balaban J connectivity index is 0.000000203. The minimum atomic E-state index is 0.00567. The highest BCUT2D eigenvalue weighted by molar-refractivity contribution is 5.35. The van der Waals surface area contributed by atoms with E-state index in [0.717, 1.165) is 47.7 Å². The van der Waals surface area contributed by atoms with Gasteiger partial charge >= 0.3 is 0 Å². The fraction of sp³-hybridized carbons (Fsp3) is 0.368. The van der Waals surface area contributed by atoms with Gasteiger partial charge in [0.05, 0.1) is 24.3 Å². The molecule has 0 aliphatic heterocycles. The molecule has 33 heavy (non-hydrogen) atoms. The highest BCUT2D eigenvalue weighted by Gasteiger charge is 2.22. The summed E-state index contributed by atoms with van der Waals surface area (Å²) in [6.07, 6.45) is 8.18. The van der Waals surface area contributed by atoms with Crippen molar-refractivity contribution >= 4 is 23.8 Å². The number of anilines is 4. The topological polar surface area (TPSA) is 271 Å². The summed E-state index contributed by atoms with van der Waals surface area (Å²) in [5.41, 5.74) is 38.2. The maximum absolute atomic E-state index is 5.79. The third-order valence-corrected chi connectivity index (χ3v) is 4.91. The van der Waals surface area contributed by atoms with Crippen molar-refractivity contribution in [2.75, 3.05) is 36.0 Å². The van der Waals surface area contributed by atoms with E-state index in [1.54, 1.807) is 18.6 Å². The van der Waals surface area contributed by atoms with Gasteiger partial charge in [-0.05, 0) is 32.4 Å². The molecule has 0 fully saturated rings. The molecule has 4 aromatic rings. The lowest BCUT2D eigenvalue weighted by Gasteiger charge is -2.14. The summed E-state index contributed by atoms with van der Waals surface area (Å²) in [6, 6.07) is 0. The van der Waals surface area contributed by atoms with Crippen LogP contribution in [0, 0.1) is 0 Å². The van der Waals surface area contributed by atoms with E-state index >= 15 is 0 Å². The second-order valence-corrected chi connectivity index (χ2v) is 7.50. The third kappa shape index (κ3) is 6.47. The van der Waals surface area contributed by atoms with Crippen molar-refractivity contribution in [2.24, 2.45) is 11.5 Å². The standard InChI is InChI=1S/C12H22N8.C7H10N6/c13-4-1-2-8-10(20-12(16)18-8)7(3-5-14)9-6-17-11(15)19-9;8-6-10-2-4(12-6)1-5-3-11-7(9)13-5/h6-7H,1-5,13-14H2,(H3,15,17,19)(H3,16,18,20);2-3H,1H2,(H3,8,10,12)(H3,9,11,13). The summed E-state index contributed by atoms with van der Waals surface area (Å²) < 4.78 is 0. The summed E-state index contributed by atoms with van der Waals surface area (Å²) >= 11 is 0. The Labute approximate surface area is 190 Å². The largest absolute Gasteiger partial charge is 0.369 e. The molecule has 16 N–H and O–H groups in total. The summed E-state index contributed by atoms with van der Waals surface area (Å²) in [7, 11) is 0. The van der Waals surface area contributed by atoms with E-state index in [2.05, 4.69) is 39.9 Å². The van der Waals surface area contributed by atoms with Crippen LogP contribution in [0.4, 0.5) is 23.8 Å². The van der Waals surface area contributed by atoms with E-state index in [9.17, 15) is 0 Å². The van der Waals surface area contributed by atoms with Crippen LogP contribution >= 0.6 is 0 Å². The van der Waals surface area contributed by atoms with Crippen LogP contribution in [0.3, 0.4) is 0 Å². The second kappa shape index (κ2) is 11.0. The third-order valence-electron chi connectivity index (χ3n) is 4.91. The Morgan fingerprint density at radius 2 is 1.33 bits per heavy atom. The number of imidazole rings is 4. The van der Waals surface area contributed by atoms with Crippen molar-refractivity contribution < 1.29 is 0 Å². The number of H-pyrrole nitrogens is 4. The highest BCUT2D eigenvalue weighted by atomic mass is 15.1. The molecule has 0 radical (unpaired) electrons. The minimum absolute atomic E-state index is 0.00567. The van der Waals surface area contributed by atoms with Crippen LogP contribution in [0.15, 0.2) is 18.6 Å². The summed E-state index contributed by atoms with van der Waals surface area (Å²) in [5, 5.41) is 0. The van der Waals surface area contributed by atoms with E-state index in [4.69, 9.17) is 34.4 Å². The lowest BCUT2D eigenvalue weighted by atomic mass is 9.95. The lowest BCUT2D eigenvalue weighted by molar-refractivity contribution is 0.679. The first-order valence-electron chi connectivity index (χ1n) is 10.5. The first kappa shape index (κ1) is 23.6. The molecule has 0 saturated carbocycles. The molecule has 0 spiro atoms. The number of nitrogens with two attached hydrogens (primary N) is 6. The Morgan fingerprint density at radius 3 is 1.82 bits per heavy atom. The van der Waals surface area contributed by atoms with E-state index in [1.165, 1.54) is 0 Å². The molecule has 0 amide bonds. The van der Waals surface area contributed by atoms with E-state index in [1.807, 2.05) is 0 Å². The van der Waals surface area contributed by atoms with Crippen molar-refractivity contribution in [3.05, 3.63) is 47.1 Å². The predicted molar refractivity (Wildman–Crippen MR) is 128 cm³/mol. The molecule has 0 aliphatic carbocycles. The van der Waals surface area contributed by atoms with Crippen LogP contribution in [0.25, 0.3) is 0 Å². The molecule has 0 aromatic carbocycles. The van der Waals surface area contributed by atoms with Crippen molar-refractivity contribution in [2.45, 2.75) is 31.6 Å². The average Bonchev–Trinajstić information content (AvgIpc) is 3.56. The van der Waals surface area contributed by atoms with Gasteiger partial charge in [0.2, 0.25) is 0 Å². The zero-order chi connectivity index (χ0) is 23.8. The number of hydrogen-bond acceptors (Lipinski definition) is 10. The molecular formula is C19H32N14. The molecule has 4 heterocycles. The Morgan fingerprint density at radius 1 is 0.727 bits per heavy atom. The SMILES string of the molecule is NCCCc1[nH]c(N)nc1C(CCN)c1cnc(N)[nH]1.Nc1ncc(Cc2cnc(N)[nH]2)[nH]1. The number of nitrogens with one attached hydrogen (secondary N) is 4. The Hall–Kier alpha value is -4.04. The van der Waals surface area contributed by atoms with Gasteiger partial charge < -0.3 is 54.3 Å². The van der Waals surface area contributed by atoms with Crippen LogP contribution in [0.5, 0.6) is 0 Å². The number of aromatic amines is 4. The van der Waals surface area contributed by atoms with Gasteiger partial charge in [-0.15, -0.1) is 0 Å². The molecule has 14 nitrogen and oxygen atoms in total. The normalized spacial score (nSPS) is 11.8. The smallest absolute Gasteiger partial charge is 0.197 e. The minimum Gasteiger partial charge on any atom is -0.369 e. The number of hydrogen-bond donors (Lipinski definition) is 10. The summed E-state index contributed by atoms with van der Waals surface area (Å²) in [5.74, 6) is 1.63. The first-order valence-corrected chi connectivity index (χ1v) is 10.5. The van der Waals surface area contributed by atoms with Gasteiger partial charge in [0, 0.05) is 35.1 Å². The second-order valence-electron chi connectivity index (χ2n) is 7.50. The van der Waals surface area contributed by atoms with Crippen LogP contribution < -0.4 is 34.4 Å². The molecule has 4 aromatic heterocycles. The highest BCUT2D eigenvalue weighted by Crippen LogP contribution is 2.29. The van der Waals surface area contributed by atoms with Crippen molar-refractivity contribution in [3.8, 4) is 0 Å². The van der Waals surface area contributed by atoms with Gasteiger partial charge in [-0.3, -0.25) is 0 Å². The van der Waals surface area contributed by atoms with Crippen molar-refractivity contribution in [1.82, 2.24) is 39.9 Å². The van der Waals surface area contributed by atoms with E-state index in [-0.39, 0.29) is 5.92 Å². The van der Waals surface area contributed by atoms with Crippen LogP contribution in [-0.2, 0) is 12.8 Å². The maximum atomic E-state index is 5.79. The molecule has 0 bridgehead atoms. The van der Waals surface area contributed by atoms with Gasteiger partial charge in [0.1, 0.15) is 0 Å². The average molecular weight is 457 g/mol. The van der Waals surface area contributed by atoms with Crippen molar-refractivity contribution in [1.29, 1.82) is 0 Å². The summed E-state index contributed by atoms with van der Waals surface area (Å²) in [4.78, 5) is 28.2. The lowest BCUT2D eigenvalue weighted by Crippen LogP contribution is -2.12. The van der Waals surface area contributed by atoms with Crippen LogP contribution in [0.1, 0.15) is 47.2 Å². The van der Waals surface area contributed by atoms with Gasteiger partial charge in [-0.2, -0.15) is 0 Å². The molecule has 1 atom stereocenters. The molecular weight excluding hydrogens is 424 g/mol. The van der Waals surface area contributed by atoms with Gasteiger partial charge in [-0.1, -0.05) is 0 Å². The van der Waals surface area contributed by atoms with Crippen LogP contribution in [0.2, 0.25) is 0 Å². The molecule has 4 rings (SSSR count). The molecule has 1 unspecified atom stereocenters. The van der Waals surface area contributed by atoms with Crippen molar-refractivity contribution in [3.63, 3.8) is 0 Å². The maximum Gasteiger partial charge on any atom is 0.197 e. The molecule has 178 valence electrons. The number of aromatic nitrogens is 8. The Kier molecular flexibility index (Phi) is 7.88. The molecule has 0 saturated heterocycles. The molecule has 14 heteroatoms. The zero-order valence-electron chi connectivity index (χ0n) is 18.3. The monoisotopic (exact) mass is 456 g/mol. The van der Waals surface area contributed by atoms with E-state index < -0.39 is 0 Å². The van der Waals surface area contributed by atoms with E-state index in [0.29, 0.717) is 43.3 Å². The molecule has 0 aliphatic rings. The number of nitrogen functional groups attached to an aromatic ring is 4. The fourth-order valence-electron chi connectivity index (χ4n) is 3.47. The number of nitrogens with zero attached hydrogens (tertiary/aromatic N) is 4. The number of aryl methyl sites for hydroxylation is 1. The predicted octanol–water partition coefficient (Wildman–Crippen LogP) is -0.443.